The Labute approximate surface area is 173 Å². The van der Waals surface area contributed by atoms with E-state index < -0.39 is 5.97 Å². The van der Waals surface area contributed by atoms with Gasteiger partial charge in [0.25, 0.3) is 5.91 Å². The van der Waals surface area contributed by atoms with E-state index in [1.54, 1.807) is 11.1 Å². The number of halogens is 1. The first-order valence-corrected chi connectivity index (χ1v) is 10.1. The Morgan fingerprint density at radius 2 is 1.96 bits per heavy atom. The summed E-state index contributed by atoms with van der Waals surface area (Å²) in [5.74, 6) is 0.188. The Balaban J connectivity index is 1.89. The van der Waals surface area contributed by atoms with Gasteiger partial charge < -0.3 is 14.6 Å². The summed E-state index contributed by atoms with van der Waals surface area (Å²) in [6.07, 6.45) is 4.17. The van der Waals surface area contributed by atoms with Crippen LogP contribution in [0.15, 0.2) is 40.5 Å². The third kappa shape index (κ3) is 4.35. The average molecular weight is 446 g/mol. The lowest BCUT2D eigenvalue weighted by Crippen LogP contribution is -2.41. The normalized spacial score (nSPS) is 13.9. The molecule has 0 unspecified atom stereocenters. The van der Waals surface area contributed by atoms with Gasteiger partial charge in [0, 0.05) is 21.7 Å². The fourth-order valence-corrected chi connectivity index (χ4v) is 3.62. The van der Waals surface area contributed by atoms with Crippen LogP contribution in [0, 0.1) is 0 Å². The summed E-state index contributed by atoms with van der Waals surface area (Å²) < 4.78 is 5.76. The van der Waals surface area contributed by atoms with Crippen molar-refractivity contribution in [2.45, 2.75) is 39.2 Å². The molecule has 28 heavy (non-hydrogen) atoms. The number of esters is 1. The van der Waals surface area contributed by atoms with Gasteiger partial charge in [-0.3, -0.25) is 9.59 Å². The zero-order chi connectivity index (χ0) is 20.3. The van der Waals surface area contributed by atoms with Gasteiger partial charge in [0.1, 0.15) is 12.4 Å². The van der Waals surface area contributed by atoms with Gasteiger partial charge in [-0.15, -0.1) is 0 Å². The van der Waals surface area contributed by atoms with Crippen molar-refractivity contribution in [1.29, 1.82) is 0 Å². The molecule has 1 heterocycles. The van der Waals surface area contributed by atoms with Crippen molar-refractivity contribution >= 4 is 33.4 Å². The van der Waals surface area contributed by atoms with Crippen LogP contribution in [0.1, 0.15) is 38.9 Å². The molecule has 0 aliphatic heterocycles. The van der Waals surface area contributed by atoms with E-state index >= 15 is 0 Å². The fraction of sp³-hybridized carbons (Fsp3) is 0.381. The van der Waals surface area contributed by atoms with Crippen molar-refractivity contribution in [3.63, 3.8) is 0 Å². The lowest BCUT2D eigenvalue weighted by Gasteiger charge is -2.26. The summed E-state index contributed by atoms with van der Waals surface area (Å²) in [7, 11) is 1.33. The summed E-state index contributed by atoms with van der Waals surface area (Å²) >= 11 is 3.44. The van der Waals surface area contributed by atoms with Crippen LogP contribution < -0.4 is 0 Å². The predicted molar refractivity (Wildman–Crippen MR) is 111 cm³/mol. The van der Waals surface area contributed by atoms with E-state index in [0.717, 1.165) is 45.5 Å². The van der Waals surface area contributed by atoms with Gasteiger partial charge >= 0.3 is 5.97 Å². The van der Waals surface area contributed by atoms with Gasteiger partial charge in [-0.1, -0.05) is 28.1 Å². The number of carbonyl (C=O) groups excluding carboxylic acids is 2. The van der Waals surface area contributed by atoms with Crippen LogP contribution in [0.25, 0.3) is 16.8 Å². The Morgan fingerprint density at radius 1 is 1.25 bits per heavy atom. The molecule has 0 fully saturated rings. The molecule has 0 atom stereocenters. The maximum Gasteiger partial charge on any atom is 0.325 e. The number of ether oxygens (including phenoxy) is 1. The summed E-state index contributed by atoms with van der Waals surface area (Å²) in [6, 6.07) is 7.87. The van der Waals surface area contributed by atoms with Crippen LogP contribution in [-0.4, -0.2) is 46.4 Å². The van der Waals surface area contributed by atoms with Crippen LogP contribution in [0.2, 0.25) is 0 Å². The van der Waals surface area contributed by atoms with Crippen molar-refractivity contribution in [3.8, 4) is 11.3 Å². The molecule has 148 valence electrons. The number of allylic oxidation sites excluding steroid dienone is 1. The van der Waals surface area contributed by atoms with Crippen LogP contribution in [0.4, 0.5) is 0 Å². The average Bonchev–Trinajstić information content (AvgIpc) is 3.34. The highest BCUT2D eigenvalue weighted by atomic mass is 79.9. The molecule has 1 aliphatic rings. The zero-order valence-corrected chi connectivity index (χ0v) is 17.9. The number of aromatic nitrogens is 2. The first-order valence-electron chi connectivity index (χ1n) is 9.31. The second-order valence-electron chi connectivity index (χ2n) is 7.07. The number of H-pyrrole nitrogens is 1. The molecule has 0 spiro atoms. The smallest absolute Gasteiger partial charge is 0.325 e. The molecule has 0 saturated carbocycles. The number of hydrogen-bond donors (Lipinski definition) is 1. The van der Waals surface area contributed by atoms with Crippen molar-refractivity contribution < 1.29 is 14.3 Å². The van der Waals surface area contributed by atoms with Crippen molar-refractivity contribution in [2.24, 2.45) is 0 Å². The summed E-state index contributed by atoms with van der Waals surface area (Å²) in [6.45, 7) is 3.75. The fourth-order valence-electron chi connectivity index (χ4n) is 3.36. The first kappa shape index (κ1) is 20.3. The van der Waals surface area contributed by atoms with Gasteiger partial charge in [0.15, 0.2) is 0 Å². The minimum absolute atomic E-state index is 0.0495. The second-order valence-corrected chi connectivity index (χ2v) is 7.98. The van der Waals surface area contributed by atoms with Gasteiger partial charge in [0.05, 0.1) is 19.0 Å². The van der Waals surface area contributed by atoms with Gasteiger partial charge in [-0.25, -0.2) is 4.98 Å². The van der Waals surface area contributed by atoms with Crippen LogP contribution in [0.3, 0.4) is 0 Å². The lowest BCUT2D eigenvalue weighted by atomic mass is 10.1. The number of rotatable bonds is 6. The summed E-state index contributed by atoms with van der Waals surface area (Å²) in [5, 5.41) is 0. The molecule has 3 rings (SSSR count). The van der Waals surface area contributed by atoms with Crippen LogP contribution >= 0.6 is 15.9 Å². The highest BCUT2D eigenvalue weighted by Gasteiger charge is 2.29. The van der Waals surface area contributed by atoms with E-state index in [1.165, 1.54) is 7.11 Å². The monoisotopic (exact) mass is 445 g/mol. The molecule has 1 N–H and O–H groups in total. The topological polar surface area (TPSA) is 75.3 Å². The van der Waals surface area contributed by atoms with Gasteiger partial charge in [-0.2, -0.15) is 0 Å². The molecule has 0 saturated heterocycles. The Bertz CT molecular complexity index is 900. The number of nitrogens with zero attached hydrogens (tertiary/aromatic N) is 2. The molecule has 7 heteroatoms. The number of imidazole rings is 1. The Hall–Kier alpha value is -2.41. The highest BCUT2D eigenvalue weighted by Crippen LogP contribution is 2.34. The highest BCUT2D eigenvalue weighted by molar-refractivity contribution is 9.10. The zero-order valence-electron chi connectivity index (χ0n) is 16.3. The number of amides is 1. The Morgan fingerprint density at radius 3 is 2.61 bits per heavy atom. The molecule has 1 amide bonds. The molecule has 6 nitrogen and oxygen atoms in total. The van der Waals surface area contributed by atoms with Crippen molar-refractivity contribution in [3.05, 3.63) is 46.3 Å². The molecule has 2 aromatic rings. The lowest BCUT2D eigenvalue weighted by molar-refractivity contribution is -0.146. The van der Waals surface area contributed by atoms with Crippen LogP contribution in [-0.2, 0) is 14.3 Å². The third-order valence-electron chi connectivity index (χ3n) is 4.90. The number of aromatic amines is 1. The molecule has 0 bridgehead atoms. The van der Waals surface area contributed by atoms with E-state index in [-0.39, 0.29) is 18.5 Å². The molecule has 1 aromatic carbocycles. The number of benzene rings is 1. The molecular weight excluding hydrogens is 422 g/mol. The van der Waals surface area contributed by atoms with E-state index in [2.05, 4.69) is 25.9 Å². The Kier molecular flexibility index (Phi) is 6.34. The van der Waals surface area contributed by atoms with Gasteiger partial charge in [0.2, 0.25) is 0 Å². The largest absolute Gasteiger partial charge is 0.468 e. The minimum atomic E-state index is -0.419. The third-order valence-corrected chi connectivity index (χ3v) is 5.43. The summed E-state index contributed by atoms with van der Waals surface area (Å²) in [5.41, 5.74) is 3.60. The number of methoxy groups -OCH3 is 1. The SMILES string of the molecule is COC(=O)CN(C(=O)C1=C(c2ncc(-c3ccc(Br)cc3)[nH]2)CCC1)C(C)C. The van der Waals surface area contributed by atoms with Gasteiger partial charge in [-0.05, 0) is 50.8 Å². The second kappa shape index (κ2) is 8.73. The maximum absolute atomic E-state index is 13.1. The van der Waals surface area contributed by atoms with E-state index in [4.69, 9.17) is 4.74 Å². The van der Waals surface area contributed by atoms with E-state index in [9.17, 15) is 9.59 Å². The quantitative estimate of drug-likeness (QED) is 0.676. The number of nitrogens with one attached hydrogen (secondary N) is 1. The number of carbonyl (C=O) groups is 2. The maximum atomic E-state index is 13.1. The van der Waals surface area contributed by atoms with Crippen molar-refractivity contribution in [2.75, 3.05) is 13.7 Å². The minimum Gasteiger partial charge on any atom is -0.468 e. The molecule has 1 aromatic heterocycles. The number of hydrogen-bond acceptors (Lipinski definition) is 4. The molecule has 1 aliphatic carbocycles. The van der Waals surface area contributed by atoms with Crippen LogP contribution in [0.5, 0.6) is 0 Å². The predicted octanol–water partition coefficient (Wildman–Crippen LogP) is 4.19. The van der Waals surface area contributed by atoms with E-state index in [0.29, 0.717) is 6.42 Å². The molecular formula is C21H24BrN3O3. The van der Waals surface area contributed by atoms with E-state index in [1.807, 2.05) is 38.1 Å². The first-order chi connectivity index (χ1) is 13.4. The standard InChI is InChI=1S/C21H24BrN3O3/c1-13(2)25(12-19(26)28-3)21(27)17-6-4-5-16(17)20-23-11-18(24-20)14-7-9-15(22)10-8-14/h7-11,13H,4-6,12H2,1-3H3,(H,23,24). The summed E-state index contributed by atoms with van der Waals surface area (Å²) in [4.78, 5) is 34.3. The molecule has 0 radical (unpaired) electrons. The van der Waals surface area contributed by atoms with Crippen molar-refractivity contribution in [1.82, 2.24) is 14.9 Å².